The average molecular weight is 366 g/mol. The number of fused-ring (bicyclic) bond motifs is 1. The average Bonchev–Trinajstić information content (AvgIpc) is 3.20. The van der Waals surface area contributed by atoms with E-state index in [4.69, 9.17) is 0 Å². The zero-order valence-electron chi connectivity index (χ0n) is 16.3. The molecular weight excluding hydrogens is 338 g/mol. The molecule has 3 aromatic carbocycles. The Bertz CT molecular complexity index is 979. The van der Waals surface area contributed by atoms with Crippen molar-refractivity contribution in [2.75, 3.05) is 13.1 Å². The first-order valence-electron chi connectivity index (χ1n) is 10.8. The van der Waals surface area contributed by atoms with E-state index in [9.17, 15) is 0 Å². The van der Waals surface area contributed by atoms with Crippen LogP contribution in [-0.4, -0.2) is 18.0 Å². The third-order valence-corrected chi connectivity index (χ3v) is 7.82. The zero-order valence-corrected chi connectivity index (χ0v) is 16.3. The molecule has 0 aromatic heterocycles. The van der Waals surface area contributed by atoms with E-state index < -0.39 is 0 Å². The molecule has 0 spiro atoms. The number of rotatable bonds is 3. The first-order valence-corrected chi connectivity index (χ1v) is 10.8. The topological polar surface area (TPSA) is 3.24 Å². The smallest absolute Gasteiger partial charge is 0.0249 e. The molecule has 3 aromatic rings. The van der Waals surface area contributed by atoms with E-state index in [2.05, 4.69) is 89.8 Å². The zero-order chi connectivity index (χ0) is 18.6. The number of nitrogens with zero attached hydrogens (tertiary/aromatic N) is 1. The molecule has 1 saturated carbocycles. The van der Waals surface area contributed by atoms with E-state index in [1.807, 2.05) is 0 Å². The molecule has 2 fully saturated rings. The Kier molecular flexibility index (Phi) is 3.74. The Hall–Kier alpha value is -2.38. The van der Waals surface area contributed by atoms with Crippen molar-refractivity contribution in [3.63, 3.8) is 0 Å². The van der Waals surface area contributed by atoms with Crippen LogP contribution in [0.5, 0.6) is 0 Å². The van der Waals surface area contributed by atoms with E-state index in [1.165, 1.54) is 37.1 Å². The minimum absolute atomic E-state index is 0.197. The molecule has 28 heavy (non-hydrogen) atoms. The lowest BCUT2D eigenvalue weighted by atomic mass is 9.47. The van der Waals surface area contributed by atoms with Crippen LogP contribution in [0.15, 0.2) is 84.9 Å². The minimum Gasteiger partial charge on any atom is -0.298 e. The molecule has 0 radical (unpaired) electrons. The SMILES string of the molecule is c1ccc(CN2CC3C4CCC(c5ccccc5)(c5ccccc54)C3C2)cc1. The molecule has 140 valence electrons. The van der Waals surface area contributed by atoms with Crippen LogP contribution in [0.3, 0.4) is 0 Å². The highest BCUT2D eigenvalue weighted by molar-refractivity contribution is 5.52. The lowest BCUT2D eigenvalue weighted by Gasteiger charge is -2.55. The Morgan fingerprint density at radius 1 is 0.786 bits per heavy atom. The van der Waals surface area contributed by atoms with Crippen molar-refractivity contribution in [2.24, 2.45) is 11.8 Å². The van der Waals surface area contributed by atoms with Gasteiger partial charge in [0.1, 0.15) is 0 Å². The van der Waals surface area contributed by atoms with Crippen molar-refractivity contribution in [1.29, 1.82) is 0 Å². The quantitative estimate of drug-likeness (QED) is 0.583. The Labute approximate surface area is 168 Å². The van der Waals surface area contributed by atoms with Crippen molar-refractivity contribution in [1.82, 2.24) is 4.90 Å². The van der Waals surface area contributed by atoms with Crippen molar-refractivity contribution in [3.8, 4) is 0 Å². The first kappa shape index (κ1) is 16.6. The van der Waals surface area contributed by atoms with Crippen molar-refractivity contribution < 1.29 is 0 Å². The molecule has 3 aliphatic carbocycles. The van der Waals surface area contributed by atoms with E-state index in [0.717, 1.165) is 24.3 Å². The van der Waals surface area contributed by atoms with E-state index in [0.29, 0.717) is 0 Å². The molecule has 1 heterocycles. The van der Waals surface area contributed by atoms with Gasteiger partial charge in [-0.3, -0.25) is 4.90 Å². The van der Waals surface area contributed by atoms with Gasteiger partial charge in [0.05, 0.1) is 0 Å². The standard InChI is InChI=1S/C27H27N/c1-3-9-20(10-4-1)17-28-18-24-22-15-16-27(26(24)19-28,21-11-5-2-6-12-21)25-14-8-7-13-23(22)25/h1-14,22,24,26H,15-19H2. The second kappa shape index (κ2) is 6.32. The summed E-state index contributed by atoms with van der Waals surface area (Å²) in [6, 6.07) is 31.8. The highest BCUT2D eigenvalue weighted by Crippen LogP contribution is 2.63. The minimum atomic E-state index is 0.197. The largest absolute Gasteiger partial charge is 0.298 e. The van der Waals surface area contributed by atoms with Gasteiger partial charge in [-0.2, -0.15) is 0 Å². The summed E-state index contributed by atoms with van der Waals surface area (Å²) in [6.07, 6.45) is 2.64. The molecule has 4 aliphatic rings. The predicted molar refractivity (Wildman–Crippen MR) is 114 cm³/mol. The summed E-state index contributed by atoms with van der Waals surface area (Å²) in [5.74, 6) is 2.26. The summed E-state index contributed by atoms with van der Waals surface area (Å²) in [4.78, 5) is 2.73. The monoisotopic (exact) mass is 365 g/mol. The fourth-order valence-corrected chi connectivity index (χ4v) is 6.79. The van der Waals surface area contributed by atoms with Gasteiger partial charge in [-0.15, -0.1) is 0 Å². The van der Waals surface area contributed by atoms with Crippen LogP contribution >= 0.6 is 0 Å². The molecule has 0 amide bonds. The molecule has 0 N–H and O–H groups in total. The first-order chi connectivity index (χ1) is 13.9. The van der Waals surface area contributed by atoms with Gasteiger partial charge in [0.15, 0.2) is 0 Å². The van der Waals surface area contributed by atoms with Crippen molar-refractivity contribution in [2.45, 2.75) is 30.7 Å². The maximum Gasteiger partial charge on any atom is 0.0249 e. The molecule has 7 rings (SSSR count). The van der Waals surface area contributed by atoms with Gasteiger partial charge in [0.2, 0.25) is 0 Å². The summed E-state index contributed by atoms with van der Waals surface area (Å²) >= 11 is 0. The second-order valence-corrected chi connectivity index (χ2v) is 9.02. The number of hydrogen-bond donors (Lipinski definition) is 0. The number of benzene rings is 3. The van der Waals surface area contributed by atoms with E-state index >= 15 is 0 Å². The molecular formula is C27H27N. The number of hydrogen-bond acceptors (Lipinski definition) is 1. The van der Waals surface area contributed by atoms with Gasteiger partial charge in [0, 0.05) is 25.0 Å². The molecule has 1 nitrogen and oxygen atoms in total. The Morgan fingerprint density at radius 3 is 2.32 bits per heavy atom. The van der Waals surface area contributed by atoms with Crippen LogP contribution < -0.4 is 0 Å². The third-order valence-electron chi connectivity index (χ3n) is 7.82. The van der Waals surface area contributed by atoms with E-state index in [-0.39, 0.29) is 5.41 Å². The maximum absolute atomic E-state index is 2.73. The van der Waals surface area contributed by atoms with Gasteiger partial charge in [-0.25, -0.2) is 0 Å². The summed E-state index contributed by atoms with van der Waals surface area (Å²) < 4.78 is 0. The van der Waals surface area contributed by atoms with Gasteiger partial charge < -0.3 is 0 Å². The maximum atomic E-state index is 2.73. The lowest BCUT2D eigenvalue weighted by Crippen LogP contribution is -2.51. The van der Waals surface area contributed by atoms with Crippen LogP contribution in [0, 0.1) is 11.8 Å². The summed E-state index contributed by atoms with van der Waals surface area (Å²) in [7, 11) is 0. The van der Waals surface area contributed by atoms with Crippen molar-refractivity contribution in [3.05, 3.63) is 107 Å². The van der Waals surface area contributed by atoms with Crippen LogP contribution in [0.1, 0.15) is 41.0 Å². The van der Waals surface area contributed by atoms with Crippen molar-refractivity contribution >= 4 is 0 Å². The fourth-order valence-electron chi connectivity index (χ4n) is 6.79. The fraction of sp³-hybridized carbons (Fsp3) is 0.333. The molecule has 1 aliphatic heterocycles. The highest BCUT2D eigenvalue weighted by Gasteiger charge is 2.59. The molecule has 1 saturated heterocycles. The number of likely N-dealkylation sites (tertiary alicyclic amines) is 1. The Balaban J connectivity index is 1.44. The molecule has 4 unspecified atom stereocenters. The summed E-state index contributed by atoms with van der Waals surface area (Å²) in [5.41, 5.74) is 6.44. The molecule has 1 heteroatoms. The molecule has 4 atom stereocenters. The van der Waals surface area contributed by atoms with Crippen LogP contribution in [0.25, 0.3) is 0 Å². The molecule has 2 bridgehead atoms. The van der Waals surface area contributed by atoms with E-state index in [1.54, 1.807) is 11.1 Å². The summed E-state index contributed by atoms with van der Waals surface area (Å²) in [6.45, 7) is 3.55. The summed E-state index contributed by atoms with van der Waals surface area (Å²) in [5, 5.41) is 0. The lowest BCUT2D eigenvalue weighted by molar-refractivity contribution is 0.136. The third kappa shape index (κ3) is 2.29. The second-order valence-electron chi connectivity index (χ2n) is 9.02. The van der Waals surface area contributed by atoms with Gasteiger partial charge >= 0.3 is 0 Å². The highest BCUT2D eigenvalue weighted by atomic mass is 15.2. The van der Waals surface area contributed by atoms with Gasteiger partial charge in [-0.1, -0.05) is 84.9 Å². The van der Waals surface area contributed by atoms with Crippen LogP contribution in [0.4, 0.5) is 0 Å². The van der Waals surface area contributed by atoms with Crippen LogP contribution in [0.2, 0.25) is 0 Å². The predicted octanol–water partition coefficient (Wildman–Crippen LogP) is 5.61. The van der Waals surface area contributed by atoms with Gasteiger partial charge in [0.25, 0.3) is 0 Å². The van der Waals surface area contributed by atoms with Crippen LogP contribution in [-0.2, 0) is 12.0 Å². The van der Waals surface area contributed by atoms with Gasteiger partial charge in [-0.05, 0) is 52.8 Å². The normalized spacial score (nSPS) is 30.8. The Morgan fingerprint density at radius 2 is 1.50 bits per heavy atom.